The smallest absolute Gasteiger partial charge is 0.186 e. The molecule has 2 aromatic carbocycles. The highest BCUT2D eigenvalue weighted by atomic mass is 16.1. The van der Waals surface area contributed by atoms with Crippen molar-refractivity contribution in [3.63, 3.8) is 0 Å². The van der Waals surface area contributed by atoms with E-state index in [4.69, 9.17) is 0 Å². The summed E-state index contributed by atoms with van der Waals surface area (Å²) in [5.41, 5.74) is 2.60. The average Bonchev–Trinajstić information content (AvgIpc) is 2.62. The molecule has 72 valence electrons. The van der Waals surface area contributed by atoms with Crippen molar-refractivity contribution in [3.8, 4) is 0 Å². The lowest BCUT2D eigenvalue weighted by Crippen LogP contribution is -1.96. The molecule has 0 aromatic heterocycles. The van der Waals surface area contributed by atoms with Gasteiger partial charge in [-0.3, -0.25) is 4.79 Å². The van der Waals surface area contributed by atoms with Gasteiger partial charge < -0.3 is 0 Å². The van der Waals surface area contributed by atoms with E-state index in [0.717, 1.165) is 17.2 Å². The molecule has 0 saturated carbocycles. The molecule has 0 atom stereocenters. The van der Waals surface area contributed by atoms with Crippen molar-refractivity contribution in [2.24, 2.45) is 0 Å². The van der Waals surface area contributed by atoms with Gasteiger partial charge in [-0.25, -0.2) is 0 Å². The van der Waals surface area contributed by atoms with Crippen molar-refractivity contribution in [2.45, 2.75) is 6.42 Å². The molecule has 2 aromatic rings. The van der Waals surface area contributed by atoms with Crippen LogP contribution in [0.1, 0.15) is 11.1 Å². The minimum absolute atomic E-state index is 0.102. The zero-order chi connectivity index (χ0) is 10.3. The molecule has 1 aliphatic rings. The van der Waals surface area contributed by atoms with Gasteiger partial charge in [0.25, 0.3) is 0 Å². The van der Waals surface area contributed by atoms with Crippen LogP contribution in [0, 0.1) is 0 Å². The third kappa shape index (κ3) is 1.28. The minimum Gasteiger partial charge on any atom is -0.289 e. The maximum absolute atomic E-state index is 11.8. The Morgan fingerprint density at radius 1 is 1.07 bits per heavy atom. The van der Waals surface area contributed by atoms with Gasteiger partial charge in [0.1, 0.15) is 0 Å². The summed E-state index contributed by atoms with van der Waals surface area (Å²) in [6.07, 6.45) is 5.20. The molecule has 0 aliphatic heterocycles. The molecule has 0 saturated heterocycles. The van der Waals surface area contributed by atoms with Crippen LogP contribution in [0.5, 0.6) is 0 Å². The maximum atomic E-state index is 11.8. The molecule has 3 rings (SSSR count). The third-order valence-corrected chi connectivity index (χ3v) is 2.85. The summed E-state index contributed by atoms with van der Waals surface area (Å²) in [6, 6.07) is 11.4. The van der Waals surface area contributed by atoms with E-state index in [9.17, 15) is 4.79 Å². The van der Waals surface area contributed by atoms with Crippen LogP contribution in [0.15, 0.2) is 47.3 Å². The van der Waals surface area contributed by atoms with E-state index in [1.54, 1.807) is 12.1 Å². The van der Waals surface area contributed by atoms with E-state index in [2.05, 4.69) is 18.2 Å². The van der Waals surface area contributed by atoms with Gasteiger partial charge >= 0.3 is 0 Å². The Bertz CT molecular complexity index is 624. The normalized spacial score (nSPS) is 13.1. The zero-order valence-electron chi connectivity index (χ0n) is 8.23. The molecule has 1 nitrogen and oxygen atoms in total. The number of allylic oxidation sites excluding steroid dienone is 1. The van der Waals surface area contributed by atoms with Crippen molar-refractivity contribution >= 4 is 16.8 Å². The molecule has 0 amide bonds. The molecule has 0 unspecified atom stereocenters. The van der Waals surface area contributed by atoms with Gasteiger partial charge in [0, 0.05) is 5.39 Å². The van der Waals surface area contributed by atoms with Gasteiger partial charge in [0.2, 0.25) is 0 Å². The molecule has 1 heteroatoms. The fourth-order valence-corrected chi connectivity index (χ4v) is 2.07. The highest BCUT2D eigenvalue weighted by Gasteiger charge is 2.06. The van der Waals surface area contributed by atoms with Gasteiger partial charge in [-0.15, -0.1) is 0 Å². The van der Waals surface area contributed by atoms with E-state index in [0.29, 0.717) is 0 Å². The largest absolute Gasteiger partial charge is 0.289 e. The predicted octanol–water partition coefficient (Wildman–Crippen LogP) is 2.77. The number of fused-ring (bicyclic) bond motifs is 2. The Labute approximate surface area is 87.7 Å². The fourth-order valence-electron chi connectivity index (χ4n) is 2.07. The molecule has 1 aliphatic carbocycles. The lowest BCUT2D eigenvalue weighted by molar-refractivity contribution is 1.32. The molecule has 0 fully saturated rings. The van der Waals surface area contributed by atoms with Crippen LogP contribution in [0.25, 0.3) is 16.8 Å². The monoisotopic (exact) mass is 194 g/mol. The van der Waals surface area contributed by atoms with E-state index in [1.165, 1.54) is 11.1 Å². The zero-order valence-corrected chi connectivity index (χ0v) is 8.23. The Hall–Kier alpha value is -1.89. The van der Waals surface area contributed by atoms with Crippen LogP contribution in [0.4, 0.5) is 0 Å². The second kappa shape index (κ2) is 3.06. The summed E-state index contributed by atoms with van der Waals surface area (Å²) >= 11 is 0. The molecular weight excluding hydrogens is 184 g/mol. The Balaban J connectivity index is 2.50. The molecule has 0 N–H and O–H groups in total. The van der Waals surface area contributed by atoms with Crippen LogP contribution in [0.2, 0.25) is 0 Å². The van der Waals surface area contributed by atoms with Crippen LogP contribution in [0.3, 0.4) is 0 Å². The summed E-state index contributed by atoms with van der Waals surface area (Å²) in [6.45, 7) is 0. The van der Waals surface area contributed by atoms with Crippen molar-refractivity contribution in [2.75, 3.05) is 0 Å². The van der Waals surface area contributed by atoms with Crippen LogP contribution < -0.4 is 5.43 Å². The van der Waals surface area contributed by atoms with Crippen LogP contribution in [-0.2, 0) is 6.42 Å². The summed E-state index contributed by atoms with van der Waals surface area (Å²) < 4.78 is 0. The highest BCUT2D eigenvalue weighted by molar-refractivity contribution is 5.86. The first kappa shape index (κ1) is 8.42. The highest BCUT2D eigenvalue weighted by Crippen LogP contribution is 2.23. The summed E-state index contributed by atoms with van der Waals surface area (Å²) in [5.74, 6) is 0. The molecule has 0 heterocycles. The van der Waals surface area contributed by atoms with Gasteiger partial charge in [-0.2, -0.15) is 0 Å². The third-order valence-electron chi connectivity index (χ3n) is 2.85. The topological polar surface area (TPSA) is 17.1 Å². The Morgan fingerprint density at radius 3 is 2.87 bits per heavy atom. The van der Waals surface area contributed by atoms with Crippen molar-refractivity contribution in [1.82, 2.24) is 0 Å². The van der Waals surface area contributed by atoms with E-state index >= 15 is 0 Å². The van der Waals surface area contributed by atoms with E-state index < -0.39 is 0 Å². The molecule has 0 bridgehead atoms. The number of rotatable bonds is 0. The number of hydrogen-bond acceptors (Lipinski definition) is 1. The second-order valence-corrected chi connectivity index (χ2v) is 3.83. The first-order valence-corrected chi connectivity index (χ1v) is 5.07. The summed E-state index contributed by atoms with van der Waals surface area (Å²) in [4.78, 5) is 11.8. The molecular formula is C14H10O. The predicted molar refractivity (Wildman–Crippen MR) is 63.0 cm³/mol. The summed E-state index contributed by atoms with van der Waals surface area (Å²) in [5, 5.41) is 1.85. The van der Waals surface area contributed by atoms with Crippen LogP contribution in [-0.4, -0.2) is 0 Å². The molecule has 15 heavy (non-hydrogen) atoms. The molecule has 0 spiro atoms. The van der Waals surface area contributed by atoms with E-state index in [-0.39, 0.29) is 5.43 Å². The van der Waals surface area contributed by atoms with Crippen molar-refractivity contribution in [3.05, 3.63) is 63.8 Å². The fraction of sp³-hybridized carbons (Fsp3) is 0.0714. The second-order valence-electron chi connectivity index (χ2n) is 3.83. The van der Waals surface area contributed by atoms with Gasteiger partial charge in [-0.05, 0) is 41.1 Å². The van der Waals surface area contributed by atoms with E-state index in [1.807, 2.05) is 18.2 Å². The Morgan fingerprint density at radius 2 is 1.93 bits per heavy atom. The standard InChI is InChI=1S/C14H10O/c15-14-7-2-1-4-12-8-10-5-3-6-11(10)9-13(12)14/h1-5,7-9H,6H2. The Kier molecular flexibility index (Phi) is 1.72. The molecule has 0 radical (unpaired) electrons. The van der Waals surface area contributed by atoms with Gasteiger partial charge in [0.05, 0.1) is 0 Å². The summed E-state index contributed by atoms with van der Waals surface area (Å²) in [7, 11) is 0. The SMILES string of the molecule is O=c1ccccc2cc3c(cc12)CC=C3. The number of hydrogen-bond donors (Lipinski definition) is 0. The quantitative estimate of drug-likeness (QED) is 0.630. The lowest BCUT2D eigenvalue weighted by atomic mass is 10.0. The maximum Gasteiger partial charge on any atom is 0.186 e. The first-order chi connectivity index (χ1) is 7.34. The van der Waals surface area contributed by atoms with Crippen molar-refractivity contribution in [1.29, 1.82) is 0 Å². The number of benzene rings is 1. The van der Waals surface area contributed by atoms with Gasteiger partial charge in [-0.1, -0.05) is 30.4 Å². The first-order valence-electron chi connectivity index (χ1n) is 5.07. The lowest BCUT2D eigenvalue weighted by Gasteiger charge is -1.99. The van der Waals surface area contributed by atoms with Crippen molar-refractivity contribution < 1.29 is 0 Å². The minimum atomic E-state index is 0.102. The average molecular weight is 194 g/mol. The van der Waals surface area contributed by atoms with Crippen LogP contribution >= 0.6 is 0 Å². The van der Waals surface area contributed by atoms with Gasteiger partial charge in [0.15, 0.2) is 5.43 Å².